The fraction of sp³-hybridized carbons (Fsp3) is 0.542. The molecular weight excluding hydrogens is 395 g/mol. The van der Waals surface area contributed by atoms with Crippen molar-refractivity contribution in [3.05, 3.63) is 47.7 Å². The van der Waals surface area contributed by atoms with Crippen LogP contribution < -0.4 is 5.32 Å². The standard InChI is InChI=1S/C24H31FN4O2/c1-17-13-20(28-22-6-5-19(25)16-26-22)14-21(27-17)18-7-11-29(12-8-18)23(30)15-24(31)9-3-2-4-10-24/h5-6,13-14,16,18,31H,2-4,7-12,15H2,1H3,(H,26,27,28). The summed E-state index contributed by atoms with van der Waals surface area (Å²) >= 11 is 0. The lowest BCUT2D eigenvalue weighted by molar-refractivity contribution is -0.138. The van der Waals surface area contributed by atoms with E-state index in [4.69, 9.17) is 4.98 Å². The quantitative estimate of drug-likeness (QED) is 0.738. The molecule has 2 N–H and O–H groups in total. The molecule has 166 valence electrons. The lowest BCUT2D eigenvalue weighted by atomic mass is 9.82. The van der Waals surface area contributed by atoms with E-state index in [0.29, 0.717) is 18.9 Å². The van der Waals surface area contributed by atoms with E-state index in [-0.39, 0.29) is 24.1 Å². The first kappa shape index (κ1) is 21.7. The van der Waals surface area contributed by atoms with Crippen LogP contribution in [0.3, 0.4) is 0 Å². The van der Waals surface area contributed by atoms with Gasteiger partial charge in [-0.2, -0.15) is 0 Å². The molecule has 0 bridgehead atoms. The molecule has 0 spiro atoms. The summed E-state index contributed by atoms with van der Waals surface area (Å²) in [6.45, 7) is 3.34. The molecule has 7 heteroatoms. The Morgan fingerprint density at radius 1 is 1.23 bits per heavy atom. The molecule has 1 amide bonds. The van der Waals surface area contributed by atoms with Gasteiger partial charge in [-0.1, -0.05) is 19.3 Å². The van der Waals surface area contributed by atoms with Gasteiger partial charge in [0, 0.05) is 36.1 Å². The third kappa shape index (κ3) is 5.58. The van der Waals surface area contributed by atoms with Crippen LogP contribution in [0.1, 0.15) is 68.7 Å². The van der Waals surface area contributed by atoms with Gasteiger partial charge in [-0.3, -0.25) is 9.78 Å². The number of nitrogens with one attached hydrogen (secondary N) is 1. The fourth-order valence-corrected chi connectivity index (χ4v) is 4.78. The van der Waals surface area contributed by atoms with Crippen LogP contribution in [-0.2, 0) is 4.79 Å². The van der Waals surface area contributed by atoms with Crippen LogP contribution in [0.15, 0.2) is 30.5 Å². The number of aryl methyl sites for hydroxylation is 1. The zero-order valence-corrected chi connectivity index (χ0v) is 18.1. The van der Waals surface area contributed by atoms with Crippen molar-refractivity contribution in [2.24, 2.45) is 0 Å². The minimum Gasteiger partial charge on any atom is -0.389 e. The van der Waals surface area contributed by atoms with Crippen LogP contribution in [0.25, 0.3) is 0 Å². The Hall–Kier alpha value is -2.54. The zero-order chi connectivity index (χ0) is 21.8. The van der Waals surface area contributed by atoms with Gasteiger partial charge in [0.2, 0.25) is 5.91 Å². The van der Waals surface area contributed by atoms with Gasteiger partial charge in [-0.25, -0.2) is 9.37 Å². The molecule has 1 saturated carbocycles. The maximum Gasteiger partial charge on any atom is 0.225 e. The molecule has 0 aromatic carbocycles. The van der Waals surface area contributed by atoms with Crippen molar-refractivity contribution >= 4 is 17.4 Å². The van der Waals surface area contributed by atoms with Crippen LogP contribution in [0.5, 0.6) is 0 Å². The predicted molar refractivity (Wildman–Crippen MR) is 118 cm³/mol. The number of nitrogens with zero attached hydrogens (tertiary/aromatic N) is 3. The lowest BCUT2D eigenvalue weighted by Gasteiger charge is -2.36. The molecule has 2 aromatic rings. The first-order chi connectivity index (χ1) is 14.9. The molecular formula is C24H31FN4O2. The number of halogens is 1. The minimum atomic E-state index is -0.806. The molecule has 0 atom stereocenters. The summed E-state index contributed by atoms with van der Waals surface area (Å²) in [4.78, 5) is 23.4. The highest BCUT2D eigenvalue weighted by Gasteiger charge is 2.34. The molecule has 1 aliphatic heterocycles. The monoisotopic (exact) mass is 426 g/mol. The summed E-state index contributed by atoms with van der Waals surface area (Å²) < 4.78 is 13.1. The van der Waals surface area contributed by atoms with E-state index in [0.717, 1.165) is 62.0 Å². The molecule has 2 aromatic heterocycles. The maximum atomic E-state index is 13.1. The predicted octanol–water partition coefficient (Wildman–Crippen LogP) is 4.46. The van der Waals surface area contributed by atoms with Gasteiger partial charge in [0.25, 0.3) is 0 Å². The fourth-order valence-electron chi connectivity index (χ4n) is 4.78. The SMILES string of the molecule is Cc1cc(Nc2ccc(F)cn2)cc(C2CCN(C(=O)CC3(O)CCCCC3)CC2)n1. The number of hydrogen-bond acceptors (Lipinski definition) is 5. The van der Waals surface area contributed by atoms with Gasteiger partial charge < -0.3 is 15.3 Å². The van der Waals surface area contributed by atoms with E-state index in [1.807, 2.05) is 24.0 Å². The molecule has 0 radical (unpaired) electrons. The number of pyridine rings is 2. The second-order valence-electron chi connectivity index (χ2n) is 9.03. The normalized spacial score (nSPS) is 19.3. The average Bonchev–Trinajstić information content (AvgIpc) is 2.75. The summed E-state index contributed by atoms with van der Waals surface area (Å²) in [6.07, 6.45) is 7.79. The van der Waals surface area contributed by atoms with Gasteiger partial charge in [0.05, 0.1) is 18.2 Å². The van der Waals surface area contributed by atoms with Crippen molar-refractivity contribution in [3.63, 3.8) is 0 Å². The Labute approximate surface area is 182 Å². The maximum absolute atomic E-state index is 13.1. The Kier molecular flexibility index (Phi) is 6.51. The number of aliphatic hydroxyl groups is 1. The molecule has 1 aliphatic carbocycles. The Bertz CT molecular complexity index is 904. The van der Waals surface area contributed by atoms with Gasteiger partial charge in [0.1, 0.15) is 11.6 Å². The number of amides is 1. The average molecular weight is 427 g/mol. The van der Waals surface area contributed by atoms with Crippen molar-refractivity contribution in [1.29, 1.82) is 0 Å². The second-order valence-corrected chi connectivity index (χ2v) is 9.03. The number of carbonyl (C=O) groups excluding carboxylic acids is 1. The van der Waals surface area contributed by atoms with E-state index in [1.54, 1.807) is 6.07 Å². The highest BCUT2D eigenvalue weighted by molar-refractivity contribution is 5.77. The van der Waals surface area contributed by atoms with Crippen molar-refractivity contribution < 1.29 is 14.3 Å². The van der Waals surface area contributed by atoms with Crippen LogP contribution >= 0.6 is 0 Å². The third-order valence-electron chi connectivity index (χ3n) is 6.50. The first-order valence-corrected chi connectivity index (χ1v) is 11.3. The number of carbonyl (C=O) groups is 1. The number of rotatable bonds is 5. The molecule has 1 saturated heterocycles. The van der Waals surface area contributed by atoms with E-state index in [1.165, 1.54) is 12.3 Å². The molecule has 4 rings (SSSR count). The summed E-state index contributed by atoms with van der Waals surface area (Å²) in [5.41, 5.74) is 1.97. The van der Waals surface area contributed by atoms with E-state index in [2.05, 4.69) is 10.3 Å². The first-order valence-electron chi connectivity index (χ1n) is 11.3. The van der Waals surface area contributed by atoms with Crippen LogP contribution in [0.4, 0.5) is 15.9 Å². The van der Waals surface area contributed by atoms with E-state index in [9.17, 15) is 14.3 Å². The van der Waals surface area contributed by atoms with Crippen LogP contribution in [0.2, 0.25) is 0 Å². The smallest absolute Gasteiger partial charge is 0.225 e. The molecule has 6 nitrogen and oxygen atoms in total. The lowest BCUT2D eigenvalue weighted by Crippen LogP contribution is -2.43. The summed E-state index contributed by atoms with van der Waals surface area (Å²) in [5.74, 6) is 0.571. The van der Waals surface area contributed by atoms with Crippen molar-refractivity contribution in [2.45, 2.75) is 69.8 Å². The number of hydrogen-bond donors (Lipinski definition) is 2. The van der Waals surface area contributed by atoms with Crippen molar-refractivity contribution in [3.8, 4) is 0 Å². The van der Waals surface area contributed by atoms with Gasteiger partial charge >= 0.3 is 0 Å². The number of piperidine rings is 1. The van der Waals surface area contributed by atoms with Gasteiger partial charge in [0.15, 0.2) is 0 Å². The Morgan fingerprint density at radius 2 is 1.97 bits per heavy atom. The number of aromatic nitrogens is 2. The molecule has 3 heterocycles. The van der Waals surface area contributed by atoms with E-state index >= 15 is 0 Å². The van der Waals surface area contributed by atoms with Crippen LogP contribution in [0, 0.1) is 12.7 Å². The highest BCUT2D eigenvalue weighted by atomic mass is 19.1. The summed E-state index contributed by atoms with van der Waals surface area (Å²) in [7, 11) is 0. The summed E-state index contributed by atoms with van der Waals surface area (Å²) in [6, 6.07) is 6.94. The van der Waals surface area contributed by atoms with E-state index < -0.39 is 5.60 Å². The third-order valence-corrected chi connectivity index (χ3v) is 6.50. The Balaban J connectivity index is 1.36. The number of anilines is 2. The summed E-state index contributed by atoms with van der Waals surface area (Å²) in [5, 5.41) is 13.9. The largest absolute Gasteiger partial charge is 0.389 e. The van der Waals surface area contributed by atoms with Gasteiger partial charge in [-0.05, 0) is 56.9 Å². The Morgan fingerprint density at radius 3 is 2.65 bits per heavy atom. The molecule has 2 aliphatic rings. The van der Waals surface area contributed by atoms with Crippen LogP contribution in [-0.4, -0.2) is 44.6 Å². The zero-order valence-electron chi connectivity index (χ0n) is 18.1. The van der Waals surface area contributed by atoms with Gasteiger partial charge in [-0.15, -0.1) is 0 Å². The second kappa shape index (κ2) is 9.30. The van der Waals surface area contributed by atoms with Crippen molar-refractivity contribution in [1.82, 2.24) is 14.9 Å². The molecule has 2 fully saturated rings. The van der Waals surface area contributed by atoms with Crippen molar-refractivity contribution in [2.75, 3.05) is 18.4 Å². The molecule has 31 heavy (non-hydrogen) atoms. The molecule has 0 unspecified atom stereocenters. The number of likely N-dealkylation sites (tertiary alicyclic amines) is 1. The topological polar surface area (TPSA) is 78.4 Å². The minimum absolute atomic E-state index is 0.0739. The highest BCUT2D eigenvalue weighted by Crippen LogP contribution is 2.33.